The largest absolute Gasteiger partial charge is 0.327 e. The lowest BCUT2D eigenvalue weighted by molar-refractivity contribution is 0.0321. The van der Waals surface area contributed by atoms with Gasteiger partial charge in [-0.15, -0.1) is 0 Å². The summed E-state index contributed by atoms with van der Waals surface area (Å²) in [4.78, 5) is 0. The number of nitrogens with zero attached hydrogens (tertiary/aromatic N) is 2. The van der Waals surface area contributed by atoms with Crippen LogP contribution in [0, 0.1) is 0 Å². The fourth-order valence-corrected chi connectivity index (χ4v) is 1.79. The molecular formula is C8H12FN3. The molecule has 66 valence electrons. The van der Waals surface area contributed by atoms with E-state index in [1.807, 2.05) is 0 Å². The van der Waals surface area contributed by atoms with Crippen LogP contribution in [-0.2, 0) is 12.7 Å². The summed E-state index contributed by atoms with van der Waals surface area (Å²) in [7, 11) is 1.75. The molecule has 1 saturated carbocycles. The third kappa shape index (κ3) is 0.948. The van der Waals surface area contributed by atoms with Crippen LogP contribution in [0.15, 0.2) is 12.3 Å². The van der Waals surface area contributed by atoms with Crippen molar-refractivity contribution in [3.63, 3.8) is 0 Å². The van der Waals surface area contributed by atoms with E-state index in [1.54, 1.807) is 24.0 Å². The summed E-state index contributed by atoms with van der Waals surface area (Å²) in [6, 6.07) is 1.73. The molecular weight excluding hydrogens is 157 g/mol. The summed E-state index contributed by atoms with van der Waals surface area (Å²) >= 11 is 0. The van der Waals surface area contributed by atoms with Crippen molar-refractivity contribution in [2.45, 2.75) is 24.6 Å². The minimum Gasteiger partial charge on any atom is -0.327 e. The van der Waals surface area contributed by atoms with E-state index in [-0.39, 0.29) is 6.04 Å². The molecule has 1 heterocycles. The normalized spacial score (nSPS) is 34.8. The first-order chi connectivity index (χ1) is 5.62. The van der Waals surface area contributed by atoms with E-state index >= 15 is 0 Å². The number of nitrogens with two attached hydrogens (primary N) is 1. The number of aryl methyl sites for hydroxylation is 1. The van der Waals surface area contributed by atoms with Gasteiger partial charge in [0.2, 0.25) is 0 Å². The molecule has 0 aromatic carbocycles. The third-order valence-corrected chi connectivity index (χ3v) is 2.45. The minimum absolute atomic E-state index is 0.0184. The Morgan fingerprint density at radius 1 is 1.75 bits per heavy atom. The van der Waals surface area contributed by atoms with Gasteiger partial charge in [-0.2, -0.15) is 5.10 Å². The summed E-state index contributed by atoms with van der Waals surface area (Å²) in [5.74, 6) is 0. The van der Waals surface area contributed by atoms with Crippen LogP contribution < -0.4 is 5.73 Å². The monoisotopic (exact) mass is 169 g/mol. The van der Waals surface area contributed by atoms with Gasteiger partial charge in [0.15, 0.2) is 5.67 Å². The van der Waals surface area contributed by atoms with Crippen LogP contribution in [0.4, 0.5) is 4.39 Å². The van der Waals surface area contributed by atoms with Crippen molar-refractivity contribution in [1.82, 2.24) is 9.78 Å². The fourth-order valence-electron chi connectivity index (χ4n) is 1.79. The number of hydrogen-bond acceptors (Lipinski definition) is 2. The van der Waals surface area contributed by atoms with E-state index in [9.17, 15) is 4.39 Å². The molecule has 1 aromatic heterocycles. The van der Waals surface area contributed by atoms with E-state index in [1.165, 1.54) is 0 Å². The summed E-state index contributed by atoms with van der Waals surface area (Å²) < 4.78 is 15.4. The second-order valence-electron chi connectivity index (χ2n) is 3.47. The Morgan fingerprint density at radius 2 is 2.42 bits per heavy atom. The molecule has 0 spiro atoms. The van der Waals surface area contributed by atoms with E-state index < -0.39 is 5.67 Å². The van der Waals surface area contributed by atoms with Crippen LogP contribution >= 0.6 is 0 Å². The SMILES string of the molecule is Cn1nccc1C1(F)CC(N)C1. The van der Waals surface area contributed by atoms with Crippen molar-refractivity contribution in [1.29, 1.82) is 0 Å². The summed E-state index contributed by atoms with van der Waals surface area (Å²) in [6.45, 7) is 0. The molecule has 1 aromatic rings. The number of aromatic nitrogens is 2. The third-order valence-electron chi connectivity index (χ3n) is 2.45. The Morgan fingerprint density at radius 3 is 2.83 bits per heavy atom. The lowest BCUT2D eigenvalue weighted by atomic mass is 9.75. The number of rotatable bonds is 1. The highest BCUT2D eigenvalue weighted by Crippen LogP contribution is 2.43. The van der Waals surface area contributed by atoms with Crippen LogP contribution in [0.1, 0.15) is 18.5 Å². The molecule has 0 bridgehead atoms. The molecule has 0 amide bonds. The van der Waals surface area contributed by atoms with Crippen LogP contribution in [-0.4, -0.2) is 15.8 Å². The maximum absolute atomic E-state index is 13.8. The lowest BCUT2D eigenvalue weighted by Gasteiger charge is -2.39. The molecule has 0 unspecified atom stereocenters. The van der Waals surface area contributed by atoms with Gasteiger partial charge < -0.3 is 5.73 Å². The zero-order chi connectivity index (χ0) is 8.77. The van der Waals surface area contributed by atoms with Crippen LogP contribution in [0.2, 0.25) is 0 Å². The summed E-state index contributed by atoms with van der Waals surface area (Å²) in [6.07, 6.45) is 2.46. The topological polar surface area (TPSA) is 43.8 Å². The van der Waals surface area contributed by atoms with E-state index in [0.717, 1.165) is 0 Å². The molecule has 1 aliphatic rings. The minimum atomic E-state index is -1.22. The molecule has 0 aliphatic heterocycles. The summed E-state index contributed by atoms with van der Waals surface area (Å²) in [5, 5.41) is 3.93. The standard InChI is InChI=1S/C8H12FN3/c1-12-7(2-3-11-12)8(9)4-6(10)5-8/h2-3,6H,4-5,10H2,1H3. The molecule has 2 rings (SSSR count). The maximum atomic E-state index is 13.8. The molecule has 4 heteroatoms. The van der Waals surface area contributed by atoms with Gasteiger partial charge in [0.25, 0.3) is 0 Å². The van der Waals surface area contributed by atoms with Gasteiger partial charge in [-0.1, -0.05) is 0 Å². The smallest absolute Gasteiger partial charge is 0.155 e. The highest BCUT2D eigenvalue weighted by Gasteiger charge is 2.46. The Kier molecular flexibility index (Phi) is 1.48. The van der Waals surface area contributed by atoms with Gasteiger partial charge in [-0.25, -0.2) is 4.39 Å². The van der Waals surface area contributed by atoms with Crippen molar-refractivity contribution in [3.05, 3.63) is 18.0 Å². The molecule has 0 saturated heterocycles. The van der Waals surface area contributed by atoms with Crippen LogP contribution in [0.5, 0.6) is 0 Å². The first kappa shape index (κ1) is 7.73. The fraction of sp³-hybridized carbons (Fsp3) is 0.625. The second kappa shape index (κ2) is 2.29. The Balaban J connectivity index is 2.26. The second-order valence-corrected chi connectivity index (χ2v) is 3.47. The van der Waals surface area contributed by atoms with Gasteiger partial charge in [0.05, 0.1) is 5.69 Å². The first-order valence-corrected chi connectivity index (χ1v) is 4.05. The van der Waals surface area contributed by atoms with Gasteiger partial charge in [-0.3, -0.25) is 4.68 Å². The Labute approximate surface area is 70.4 Å². The lowest BCUT2D eigenvalue weighted by Crippen LogP contribution is -2.47. The van der Waals surface area contributed by atoms with Crippen LogP contribution in [0.25, 0.3) is 0 Å². The van der Waals surface area contributed by atoms with E-state index in [2.05, 4.69) is 5.10 Å². The van der Waals surface area contributed by atoms with Crippen molar-refractivity contribution < 1.29 is 4.39 Å². The predicted molar refractivity (Wildman–Crippen MR) is 43.2 cm³/mol. The van der Waals surface area contributed by atoms with Crippen molar-refractivity contribution in [2.75, 3.05) is 0 Å². The first-order valence-electron chi connectivity index (χ1n) is 4.05. The number of alkyl halides is 1. The maximum Gasteiger partial charge on any atom is 0.155 e. The highest BCUT2D eigenvalue weighted by atomic mass is 19.1. The van der Waals surface area contributed by atoms with Gasteiger partial charge >= 0.3 is 0 Å². The van der Waals surface area contributed by atoms with Gasteiger partial charge in [0, 0.05) is 32.1 Å². The molecule has 12 heavy (non-hydrogen) atoms. The quantitative estimate of drug-likeness (QED) is 0.672. The molecule has 0 atom stereocenters. The zero-order valence-electron chi connectivity index (χ0n) is 7.00. The summed E-state index contributed by atoms with van der Waals surface area (Å²) in [5.41, 5.74) is 4.97. The predicted octanol–water partition coefficient (Wildman–Crippen LogP) is 0.706. The molecule has 1 aliphatic carbocycles. The number of hydrogen-bond donors (Lipinski definition) is 1. The van der Waals surface area contributed by atoms with E-state index in [0.29, 0.717) is 18.5 Å². The Hall–Kier alpha value is -0.900. The van der Waals surface area contributed by atoms with Crippen LogP contribution in [0.3, 0.4) is 0 Å². The Bertz CT molecular complexity index is 288. The van der Waals surface area contributed by atoms with Crippen molar-refractivity contribution in [3.8, 4) is 0 Å². The molecule has 3 nitrogen and oxygen atoms in total. The van der Waals surface area contributed by atoms with Crippen molar-refractivity contribution >= 4 is 0 Å². The van der Waals surface area contributed by atoms with Gasteiger partial charge in [0.1, 0.15) is 0 Å². The van der Waals surface area contributed by atoms with E-state index in [4.69, 9.17) is 5.73 Å². The highest BCUT2D eigenvalue weighted by molar-refractivity contribution is 5.17. The average Bonchev–Trinajstić information content (AvgIpc) is 2.32. The van der Waals surface area contributed by atoms with Gasteiger partial charge in [-0.05, 0) is 6.07 Å². The molecule has 1 fully saturated rings. The molecule has 0 radical (unpaired) electrons. The zero-order valence-corrected chi connectivity index (χ0v) is 7.00. The number of halogens is 1. The van der Waals surface area contributed by atoms with Crippen molar-refractivity contribution in [2.24, 2.45) is 12.8 Å². The average molecular weight is 169 g/mol. The molecule has 2 N–H and O–H groups in total.